The van der Waals surface area contributed by atoms with Gasteiger partial charge in [-0.2, -0.15) is 5.26 Å². The quantitative estimate of drug-likeness (QED) is 0.727. The maximum atomic E-state index is 12.9. The van der Waals surface area contributed by atoms with E-state index in [0.717, 1.165) is 16.3 Å². The number of allylic oxidation sites excluding steroid dienone is 1. The number of thioether (sulfide) groups is 1. The van der Waals surface area contributed by atoms with Gasteiger partial charge in [-0.25, -0.2) is 0 Å². The van der Waals surface area contributed by atoms with Crippen LogP contribution in [0, 0.1) is 18.3 Å². The predicted octanol–water partition coefficient (Wildman–Crippen LogP) is 4.87. The summed E-state index contributed by atoms with van der Waals surface area (Å²) in [7, 11) is 0. The van der Waals surface area contributed by atoms with E-state index in [1.54, 1.807) is 28.8 Å². The lowest BCUT2D eigenvalue weighted by molar-refractivity contribution is -0.129. The summed E-state index contributed by atoms with van der Waals surface area (Å²) in [6.45, 7) is 2.55. The second kappa shape index (κ2) is 7.30. The molecule has 0 spiro atoms. The molecule has 1 atom stereocenters. The molecule has 1 amide bonds. The maximum Gasteiger partial charge on any atom is 0.229 e. The van der Waals surface area contributed by atoms with Crippen LogP contribution in [0.4, 0.5) is 5.69 Å². The summed E-state index contributed by atoms with van der Waals surface area (Å²) in [6, 6.07) is 17.9. The Kier molecular flexibility index (Phi) is 4.86. The zero-order valence-corrected chi connectivity index (χ0v) is 16.4. The number of para-hydroxylation sites is 1. The van der Waals surface area contributed by atoms with Crippen LogP contribution in [0.3, 0.4) is 0 Å². The first-order valence-corrected chi connectivity index (χ1v) is 10.1. The zero-order chi connectivity index (χ0) is 19.0. The molecule has 0 radical (unpaired) electrons. The van der Waals surface area contributed by atoms with Gasteiger partial charge in [-0.05, 0) is 36.2 Å². The summed E-state index contributed by atoms with van der Waals surface area (Å²) in [5.74, 6) is 0.556. The molecule has 2 heterocycles. The molecule has 1 saturated heterocycles. The molecule has 0 aliphatic carbocycles. The fourth-order valence-electron chi connectivity index (χ4n) is 3.61. The third-order valence-electron chi connectivity index (χ3n) is 5.02. The molecule has 2 aliphatic rings. The van der Waals surface area contributed by atoms with Crippen LogP contribution < -0.4 is 4.90 Å². The molecule has 4 nitrogen and oxygen atoms in total. The van der Waals surface area contributed by atoms with Crippen LogP contribution in [0.5, 0.6) is 0 Å². The number of hydrogen-bond donors (Lipinski definition) is 0. The highest BCUT2D eigenvalue weighted by Gasteiger charge is 2.38. The van der Waals surface area contributed by atoms with Crippen LogP contribution in [-0.2, 0) is 4.79 Å². The first kappa shape index (κ1) is 18.0. The first-order valence-electron chi connectivity index (χ1n) is 8.72. The van der Waals surface area contributed by atoms with E-state index in [0.29, 0.717) is 29.6 Å². The molecular weight excluding hydrogens is 378 g/mol. The lowest BCUT2D eigenvalue weighted by Crippen LogP contribution is -2.47. The smallest absolute Gasteiger partial charge is 0.229 e. The topological polar surface area (TPSA) is 47.3 Å². The van der Waals surface area contributed by atoms with Crippen LogP contribution in [0.25, 0.3) is 0 Å². The Bertz CT molecular complexity index is 964. The van der Waals surface area contributed by atoms with Crippen molar-refractivity contribution < 1.29 is 4.79 Å². The molecule has 0 unspecified atom stereocenters. The van der Waals surface area contributed by atoms with Crippen molar-refractivity contribution in [2.24, 2.45) is 0 Å². The van der Waals surface area contributed by atoms with Crippen LogP contribution >= 0.6 is 23.4 Å². The molecule has 6 heteroatoms. The summed E-state index contributed by atoms with van der Waals surface area (Å²) in [6.07, 6.45) is 0.302. The SMILES string of the molecule is Cc1ccccc1N1CSC2=C(C#N)[C@@H](c3ccc(Cl)cc3)CC(=O)N2C1. The molecule has 2 aromatic carbocycles. The fourth-order valence-corrected chi connectivity index (χ4v) is 4.90. The van der Waals surface area contributed by atoms with E-state index >= 15 is 0 Å². The standard InChI is InChI=1S/C21H18ClN3OS/c1-14-4-2-3-5-19(14)24-12-25-20(26)10-17(15-6-8-16(22)9-7-15)18(11-23)21(25)27-13-24/h2-9,17H,10,12-13H2,1H3/t17-/m1/s1. The number of fused-ring (bicyclic) bond motifs is 1. The summed E-state index contributed by atoms with van der Waals surface area (Å²) < 4.78 is 0. The Morgan fingerprint density at radius 2 is 1.93 bits per heavy atom. The Morgan fingerprint density at radius 1 is 1.19 bits per heavy atom. The monoisotopic (exact) mass is 395 g/mol. The van der Waals surface area contributed by atoms with E-state index < -0.39 is 0 Å². The minimum atomic E-state index is -0.205. The van der Waals surface area contributed by atoms with E-state index in [1.165, 1.54) is 5.56 Å². The molecule has 4 rings (SSSR count). The predicted molar refractivity (Wildman–Crippen MR) is 109 cm³/mol. The molecule has 0 aromatic heterocycles. The Hall–Kier alpha value is -2.42. The number of nitrogens with zero attached hydrogens (tertiary/aromatic N) is 3. The second-order valence-electron chi connectivity index (χ2n) is 6.70. The number of amides is 1. The highest BCUT2D eigenvalue weighted by Crippen LogP contribution is 2.43. The van der Waals surface area contributed by atoms with E-state index in [1.807, 2.05) is 24.3 Å². The van der Waals surface area contributed by atoms with Gasteiger partial charge in [0.1, 0.15) is 0 Å². The minimum absolute atomic E-state index is 0.0507. The zero-order valence-electron chi connectivity index (χ0n) is 14.9. The number of carbonyl (C=O) groups is 1. The average Bonchev–Trinajstić information content (AvgIpc) is 2.69. The van der Waals surface area contributed by atoms with Gasteiger partial charge in [0.25, 0.3) is 0 Å². The van der Waals surface area contributed by atoms with Crippen molar-refractivity contribution in [3.8, 4) is 6.07 Å². The number of benzene rings is 2. The molecule has 0 N–H and O–H groups in total. The maximum absolute atomic E-state index is 12.9. The number of carbonyl (C=O) groups excluding carboxylic acids is 1. The summed E-state index contributed by atoms with van der Waals surface area (Å²) in [4.78, 5) is 16.9. The Balaban J connectivity index is 1.68. The van der Waals surface area contributed by atoms with Gasteiger partial charge in [0, 0.05) is 23.0 Å². The van der Waals surface area contributed by atoms with Crippen LogP contribution in [0.1, 0.15) is 23.5 Å². The lowest BCUT2D eigenvalue weighted by Gasteiger charge is -2.42. The summed E-state index contributed by atoms with van der Waals surface area (Å²) in [5.41, 5.74) is 3.93. The average molecular weight is 396 g/mol. The van der Waals surface area contributed by atoms with Crippen LogP contribution in [0.15, 0.2) is 59.1 Å². The number of anilines is 1. The van der Waals surface area contributed by atoms with Crippen LogP contribution in [-0.4, -0.2) is 23.4 Å². The molecule has 2 aliphatic heterocycles. The number of aryl methyl sites for hydroxylation is 1. The third kappa shape index (κ3) is 3.31. The molecule has 136 valence electrons. The molecule has 1 fully saturated rings. The molecule has 2 aromatic rings. The van der Waals surface area contributed by atoms with Gasteiger partial charge in [0.2, 0.25) is 5.91 Å². The van der Waals surface area contributed by atoms with Gasteiger partial charge in [0.15, 0.2) is 0 Å². The molecule has 0 saturated carbocycles. The Labute approximate surface area is 168 Å². The second-order valence-corrected chi connectivity index (χ2v) is 8.07. The van der Waals surface area contributed by atoms with Crippen LogP contribution in [0.2, 0.25) is 5.02 Å². The molecular formula is C21H18ClN3OS. The van der Waals surface area contributed by atoms with Crippen molar-refractivity contribution in [1.82, 2.24) is 4.90 Å². The highest BCUT2D eigenvalue weighted by atomic mass is 35.5. The van der Waals surface area contributed by atoms with Crippen molar-refractivity contribution in [3.63, 3.8) is 0 Å². The van der Waals surface area contributed by atoms with E-state index in [2.05, 4.69) is 30.0 Å². The highest BCUT2D eigenvalue weighted by molar-refractivity contribution is 8.03. The molecule has 27 heavy (non-hydrogen) atoms. The summed E-state index contributed by atoms with van der Waals surface area (Å²) in [5, 5.41) is 11.3. The van der Waals surface area contributed by atoms with E-state index in [4.69, 9.17) is 11.6 Å². The van der Waals surface area contributed by atoms with Gasteiger partial charge < -0.3 is 4.90 Å². The number of halogens is 1. The first-order chi connectivity index (χ1) is 13.1. The van der Waals surface area contributed by atoms with Gasteiger partial charge in [-0.15, -0.1) is 0 Å². The minimum Gasteiger partial charge on any atom is -0.343 e. The van der Waals surface area contributed by atoms with Gasteiger partial charge in [-0.1, -0.05) is 53.7 Å². The molecule has 0 bridgehead atoms. The van der Waals surface area contributed by atoms with Crippen molar-refractivity contribution in [2.75, 3.05) is 17.4 Å². The van der Waals surface area contributed by atoms with Gasteiger partial charge in [0.05, 0.1) is 29.2 Å². The van der Waals surface area contributed by atoms with E-state index in [-0.39, 0.29) is 11.8 Å². The lowest BCUT2D eigenvalue weighted by atomic mass is 9.86. The fraction of sp³-hybridized carbons (Fsp3) is 0.238. The third-order valence-corrected chi connectivity index (χ3v) is 6.43. The number of nitriles is 1. The number of hydrogen-bond acceptors (Lipinski definition) is 4. The van der Waals surface area contributed by atoms with Gasteiger partial charge in [-0.3, -0.25) is 9.69 Å². The Morgan fingerprint density at radius 3 is 2.63 bits per heavy atom. The van der Waals surface area contributed by atoms with Crippen molar-refractivity contribution in [1.29, 1.82) is 5.26 Å². The van der Waals surface area contributed by atoms with Crippen molar-refractivity contribution >= 4 is 35.0 Å². The van der Waals surface area contributed by atoms with E-state index in [9.17, 15) is 10.1 Å². The number of rotatable bonds is 2. The normalized spacial score (nSPS) is 19.7. The van der Waals surface area contributed by atoms with Crippen molar-refractivity contribution in [3.05, 3.63) is 75.3 Å². The van der Waals surface area contributed by atoms with Crippen molar-refractivity contribution in [2.45, 2.75) is 19.3 Å². The van der Waals surface area contributed by atoms with Gasteiger partial charge >= 0.3 is 0 Å². The summed E-state index contributed by atoms with van der Waals surface area (Å²) >= 11 is 7.54. The largest absolute Gasteiger partial charge is 0.343 e.